The zero-order chi connectivity index (χ0) is 27.4. The number of nitrogens with zero attached hydrogens (tertiary/aromatic N) is 1. The van der Waals surface area contributed by atoms with Gasteiger partial charge in [0.05, 0.1) is 26.7 Å². The Morgan fingerprint density at radius 1 is 0.946 bits per heavy atom. The van der Waals surface area contributed by atoms with Gasteiger partial charge < -0.3 is 10.0 Å². The predicted molar refractivity (Wildman–Crippen MR) is 125 cm³/mol. The maximum atomic E-state index is 13.6. The molecule has 37 heavy (non-hydrogen) atoms. The normalized spacial score (nSPS) is 15.5. The van der Waals surface area contributed by atoms with Crippen molar-refractivity contribution in [1.82, 2.24) is 9.62 Å². The second kappa shape index (κ2) is 11.2. The molecule has 3 rings (SSSR count). The van der Waals surface area contributed by atoms with E-state index in [-0.39, 0.29) is 49.2 Å². The van der Waals surface area contributed by atoms with Crippen molar-refractivity contribution < 1.29 is 44.7 Å². The van der Waals surface area contributed by atoms with Crippen LogP contribution in [0.4, 0.5) is 13.2 Å². The lowest BCUT2D eigenvalue weighted by Gasteiger charge is -2.32. The van der Waals surface area contributed by atoms with E-state index >= 15 is 0 Å². The molecule has 2 aromatic carbocycles. The number of benzene rings is 2. The second-order valence-corrected chi connectivity index (χ2v) is 12.2. The smallest absolute Gasteiger partial charge is 0.417 e. The van der Waals surface area contributed by atoms with Crippen LogP contribution in [-0.4, -0.2) is 58.4 Å². The van der Waals surface area contributed by atoms with E-state index in [0.717, 1.165) is 6.07 Å². The topological polar surface area (TPSA) is 138 Å². The molecule has 0 aliphatic carbocycles. The van der Waals surface area contributed by atoms with Gasteiger partial charge in [0.1, 0.15) is 0 Å². The van der Waals surface area contributed by atoms with E-state index in [0.29, 0.717) is 25.0 Å². The molecule has 0 radical (unpaired) electrons. The molecule has 9 nitrogen and oxygen atoms in total. The summed E-state index contributed by atoms with van der Waals surface area (Å²) in [6, 6.07) is 8.59. The SMILES string of the molecule is O=C(O)CCC(=O)N1CCC(CNS(=O)(=O)c2cc(S(=O)(=O)c3ccccc3)ccc2C(F)(F)F)CC1. The van der Waals surface area contributed by atoms with Crippen LogP contribution in [-0.2, 0) is 35.6 Å². The second-order valence-electron chi connectivity index (χ2n) is 8.54. The van der Waals surface area contributed by atoms with E-state index in [1.54, 1.807) is 6.07 Å². The van der Waals surface area contributed by atoms with Crippen molar-refractivity contribution in [2.24, 2.45) is 5.92 Å². The standard InChI is InChI=1S/C23H25F3N2O7S2/c24-23(25,26)19-7-6-18(36(32,33)17-4-2-1-3-5-17)14-20(19)37(34,35)27-15-16-10-12-28(13-11-16)21(29)8-9-22(30)31/h1-7,14,16,27H,8-13,15H2,(H,30,31). The lowest BCUT2D eigenvalue weighted by Crippen LogP contribution is -2.41. The molecule has 1 aliphatic rings. The fourth-order valence-electron chi connectivity index (χ4n) is 3.93. The lowest BCUT2D eigenvalue weighted by atomic mass is 9.97. The van der Waals surface area contributed by atoms with Gasteiger partial charge >= 0.3 is 12.1 Å². The summed E-state index contributed by atoms with van der Waals surface area (Å²) in [6.07, 6.45) is -4.80. The number of carbonyl (C=O) groups is 2. The van der Waals surface area contributed by atoms with Gasteiger partial charge in [0, 0.05) is 26.1 Å². The molecule has 0 unspecified atom stereocenters. The summed E-state index contributed by atoms with van der Waals surface area (Å²) in [4.78, 5) is 22.2. The van der Waals surface area contributed by atoms with E-state index in [1.165, 1.54) is 29.2 Å². The van der Waals surface area contributed by atoms with Crippen LogP contribution in [0.25, 0.3) is 0 Å². The van der Waals surface area contributed by atoms with Crippen LogP contribution in [0.15, 0.2) is 63.2 Å². The number of carbonyl (C=O) groups excluding carboxylic acids is 1. The molecule has 1 amide bonds. The Morgan fingerprint density at radius 3 is 2.14 bits per heavy atom. The molecule has 2 aromatic rings. The van der Waals surface area contributed by atoms with Crippen molar-refractivity contribution in [3.05, 3.63) is 54.1 Å². The van der Waals surface area contributed by atoms with E-state index in [1.807, 2.05) is 0 Å². The van der Waals surface area contributed by atoms with Gasteiger partial charge in [-0.25, -0.2) is 21.6 Å². The first-order chi connectivity index (χ1) is 17.2. The summed E-state index contributed by atoms with van der Waals surface area (Å²) in [6.45, 7) is 0.291. The number of hydrogen-bond donors (Lipinski definition) is 2. The molecule has 0 saturated carbocycles. The first-order valence-corrected chi connectivity index (χ1v) is 14.2. The van der Waals surface area contributed by atoms with E-state index in [9.17, 15) is 39.6 Å². The van der Waals surface area contributed by atoms with Crippen LogP contribution in [0.1, 0.15) is 31.2 Å². The number of piperidine rings is 1. The highest BCUT2D eigenvalue weighted by Crippen LogP contribution is 2.36. The van der Waals surface area contributed by atoms with Crippen molar-refractivity contribution in [3.63, 3.8) is 0 Å². The summed E-state index contributed by atoms with van der Waals surface area (Å²) < 4.78 is 94.8. The number of likely N-dealkylation sites (tertiary alicyclic amines) is 1. The monoisotopic (exact) mass is 562 g/mol. The summed E-state index contributed by atoms with van der Waals surface area (Å²) in [5.74, 6) is -1.73. The third-order valence-corrected chi connectivity index (χ3v) is 9.22. The molecule has 0 bridgehead atoms. The molecular formula is C23H25F3N2O7S2. The summed E-state index contributed by atoms with van der Waals surface area (Å²) in [5, 5.41) is 8.69. The number of amides is 1. The van der Waals surface area contributed by atoms with Gasteiger partial charge in [-0.1, -0.05) is 18.2 Å². The number of alkyl halides is 3. The van der Waals surface area contributed by atoms with Gasteiger partial charge in [-0.2, -0.15) is 13.2 Å². The fourth-order valence-corrected chi connectivity index (χ4v) is 6.67. The first kappa shape index (κ1) is 28.6. The van der Waals surface area contributed by atoms with Gasteiger partial charge in [-0.3, -0.25) is 9.59 Å². The fraction of sp³-hybridized carbons (Fsp3) is 0.391. The number of halogens is 3. The highest BCUT2D eigenvalue weighted by atomic mass is 32.2. The molecule has 1 heterocycles. The Hall–Kier alpha value is -2.97. The average Bonchev–Trinajstić information content (AvgIpc) is 2.86. The van der Waals surface area contributed by atoms with E-state index in [2.05, 4.69) is 4.72 Å². The molecule has 14 heteroatoms. The van der Waals surface area contributed by atoms with Crippen LogP contribution in [0, 0.1) is 5.92 Å². The molecule has 1 saturated heterocycles. The van der Waals surface area contributed by atoms with E-state index < -0.39 is 47.4 Å². The quantitative estimate of drug-likeness (QED) is 0.479. The number of carboxylic acid groups (broad SMARTS) is 1. The Bertz CT molecular complexity index is 1350. The summed E-state index contributed by atoms with van der Waals surface area (Å²) >= 11 is 0. The number of sulfonamides is 1. The van der Waals surface area contributed by atoms with Gasteiger partial charge in [0.25, 0.3) is 0 Å². The Kier molecular flexibility index (Phi) is 8.65. The number of carboxylic acids is 1. The molecule has 0 spiro atoms. The van der Waals surface area contributed by atoms with Gasteiger partial charge in [-0.15, -0.1) is 0 Å². The van der Waals surface area contributed by atoms with Gasteiger partial charge in [-0.05, 0) is 49.1 Å². The van der Waals surface area contributed by atoms with Crippen LogP contribution in [0.5, 0.6) is 0 Å². The highest BCUT2D eigenvalue weighted by molar-refractivity contribution is 7.91. The van der Waals surface area contributed by atoms with Crippen molar-refractivity contribution in [3.8, 4) is 0 Å². The minimum absolute atomic E-state index is 0.158. The van der Waals surface area contributed by atoms with Crippen LogP contribution >= 0.6 is 0 Å². The van der Waals surface area contributed by atoms with E-state index in [4.69, 9.17) is 5.11 Å². The minimum atomic E-state index is -5.05. The van der Waals surface area contributed by atoms with Crippen LogP contribution < -0.4 is 4.72 Å². The molecule has 1 fully saturated rings. The van der Waals surface area contributed by atoms with Crippen molar-refractivity contribution in [2.45, 2.75) is 46.5 Å². The summed E-state index contributed by atoms with van der Waals surface area (Å²) in [7, 11) is -9.04. The summed E-state index contributed by atoms with van der Waals surface area (Å²) in [5.41, 5.74) is -1.49. The number of rotatable bonds is 9. The van der Waals surface area contributed by atoms with Crippen molar-refractivity contribution in [1.29, 1.82) is 0 Å². The maximum absolute atomic E-state index is 13.6. The third kappa shape index (κ3) is 7.08. The molecule has 202 valence electrons. The number of nitrogens with one attached hydrogen (secondary N) is 1. The molecule has 0 aromatic heterocycles. The van der Waals surface area contributed by atoms with Crippen molar-refractivity contribution >= 4 is 31.7 Å². The highest BCUT2D eigenvalue weighted by Gasteiger charge is 2.38. The van der Waals surface area contributed by atoms with Crippen LogP contribution in [0.2, 0.25) is 0 Å². The minimum Gasteiger partial charge on any atom is -0.481 e. The first-order valence-electron chi connectivity index (χ1n) is 11.2. The van der Waals surface area contributed by atoms with Gasteiger partial charge in [0.2, 0.25) is 25.8 Å². The molecule has 0 atom stereocenters. The van der Waals surface area contributed by atoms with Crippen molar-refractivity contribution in [2.75, 3.05) is 19.6 Å². The van der Waals surface area contributed by atoms with Crippen LogP contribution in [0.3, 0.4) is 0 Å². The number of sulfone groups is 1. The maximum Gasteiger partial charge on any atom is 0.417 e. The Morgan fingerprint density at radius 2 is 1.57 bits per heavy atom. The largest absolute Gasteiger partial charge is 0.481 e. The average molecular weight is 563 g/mol. The molecular weight excluding hydrogens is 537 g/mol. The molecule has 1 aliphatic heterocycles. The number of hydrogen-bond acceptors (Lipinski definition) is 6. The third-order valence-electron chi connectivity index (χ3n) is 5.99. The zero-order valence-electron chi connectivity index (χ0n) is 19.4. The zero-order valence-corrected chi connectivity index (χ0v) is 21.1. The van der Waals surface area contributed by atoms with Gasteiger partial charge in [0.15, 0.2) is 0 Å². The number of aliphatic carboxylic acids is 1. The predicted octanol–water partition coefficient (Wildman–Crippen LogP) is 2.92. The Balaban J connectivity index is 1.78. The Labute approximate surface area is 212 Å². The molecule has 2 N–H and O–H groups in total. The lowest BCUT2D eigenvalue weighted by molar-refractivity contribution is -0.141.